The molecule has 2 saturated heterocycles. The van der Waals surface area contributed by atoms with Crippen LogP contribution < -0.4 is 0 Å². The summed E-state index contributed by atoms with van der Waals surface area (Å²) in [5, 5.41) is 3.06. The van der Waals surface area contributed by atoms with Crippen molar-refractivity contribution >= 4 is 27.3 Å². The maximum atomic E-state index is 13.0. The topological polar surface area (TPSA) is 38.8 Å². The highest BCUT2D eigenvalue weighted by Gasteiger charge is 2.52. The standard InChI is InChI=1S/C18H21NO3S/c1-2-21-11-18-10-19(7-13(18)8-22-12-18)17(20)15-9-23-16-6-4-3-5-14(15)16/h3-6,9,13H,2,7-8,10-12H2,1H3/t13-,18-/m1/s1. The first kappa shape index (κ1) is 15.1. The molecule has 0 radical (unpaired) electrons. The summed E-state index contributed by atoms with van der Waals surface area (Å²) in [4.78, 5) is 15.0. The molecule has 0 N–H and O–H groups in total. The summed E-state index contributed by atoms with van der Waals surface area (Å²) in [5.41, 5.74) is 0.815. The van der Waals surface area contributed by atoms with Gasteiger partial charge in [0.1, 0.15) is 0 Å². The van der Waals surface area contributed by atoms with Gasteiger partial charge >= 0.3 is 0 Å². The van der Waals surface area contributed by atoms with Crippen LogP contribution in [0, 0.1) is 11.3 Å². The van der Waals surface area contributed by atoms with E-state index in [0.717, 1.165) is 30.6 Å². The number of carbonyl (C=O) groups is 1. The van der Waals surface area contributed by atoms with Crippen LogP contribution in [0.1, 0.15) is 17.3 Å². The van der Waals surface area contributed by atoms with Gasteiger partial charge in [0.25, 0.3) is 5.91 Å². The van der Waals surface area contributed by atoms with E-state index in [1.165, 1.54) is 4.70 Å². The maximum absolute atomic E-state index is 13.0. The summed E-state index contributed by atoms with van der Waals surface area (Å²) in [7, 11) is 0. The van der Waals surface area contributed by atoms with Gasteiger partial charge in [0.15, 0.2) is 0 Å². The van der Waals surface area contributed by atoms with E-state index in [2.05, 4.69) is 6.07 Å². The van der Waals surface area contributed by atoms with Gasteiger partial charge in [0.2, 0.25) is 0 Å². The summed E-state index contributed by atoms with van der Waals surface area (Å²) < 4.78 is 12.5. The van der Waals surface area contributed by atoms with E-state index in [1.54, 1.807) is 11.3 Å². The first-order valence-electron chi connectivity index (χ1n) is 8.14. The SMILES string of the molecule is CCOC[C@]12COC[C@H]1CN(C(=O)c1csc3ccccc13)C2. The van der Waals surface area contributed by atoms with Crippen molar-refractivity contribution < 1.29 is 14.3 Å². The zero-order valence-corrected chi connectivity index (χ0v) is 14.1. The Morgan fingerprint density at radius 3 is 3.22 bits per heavy atom. The third-order valence-electron chi connectivity index (χ3n) is 5.11. The molecule has 2 aliphatic rings. The molecule has 23 heavy (non-hydrogen) atoms. The highest BCUT2D eigenvalue weighted by Crippen LogP contribution is 2.42. The molecule has 5 heteroatoms. The Bertz CT molecular complexity index is 728. The Hall–Kier alpha value is -1.43. The average molecular weight is 331 g/mol. The molecule has 0 bridgehead atoms. The predicted molar refractivity (Wildman–Crippen MR) is 91.0 cm³/mol. The van der Waals surface area contributed by atoms with Crippen LogP contribution in [0.15, 0.2) is 29.6 Å². The number of amides is 1. The molecule has 2 atom stereocenters. The number of hydrogen-bond donors (Lipinski definition) is 0. The number of nitrogens with zero attached hydrogens (tertiary/aromatic N) is 1. The fourth-order valence-corrected chi connectivity index (χ4v) is 4.74. The zero-order chi connectivity index (χ0) is 15.9. The van der Waals surface area contributed by atoms with Crippen molar-refractivity contribution in [2.24, 2.45) is 11.3 Å². The Kier molecular flexibility index (Phi) is 3.87. The number of hydrogen-bond acceptors (Lipinski definition) is 4. The molecule has 2 aliphatic heterocycles. The monoisotopic (exact) mass is 331 g/mol. The van der Waals surface area contributed by atoms with Crippen LogP contribution in [-0.4, -0.2) is 50.3 Å². The van der Waals surface area contributed by atoms with Crippen molar-refractivity contribution in [3.63, 3.8) is 0 Å². The van der Waals surface area contributed by atoms with E-state index in [-0.39, 0.29) is 11.3 Å². The highest BCUT2D eigenvalue weighted by atomic mass is 32.1. The van der Waals surface area contributed by atoms with E-state index >= 15 is 0 Å². The summed E-state index contributed by atoms with van der Waals surface area (Å²) in [6, 6.07) is 8.12. The molecule has 0 spiro atoms. The van der Waals surface area contributed by atoms with Crippen LogP contribution in [0.25, 0.3) is 10.1 Å². The van der Waals surface area contributed by atoms with Crippen LogP contribution in [0.5, 0.6) is 0 Å². The first-order valence-corrected chi connectivity index (χ1v) is 9.02. The highest BCUT2D eigenvalue weighted by molar-refractivity contribution is 7.17. The fraction of sp³-hybridized carbons (Fsp3) is 0.500. The smallest absolute Gasteiger partial charge is 0.255 e. The van der Waals surface area contributed by atoms with E-state index < -0.39 is 0 Å². The largest absolute Gasteiger partial charge is 0.381 e. The number of carbonyl (C=O) groups excluding carboxylic acids is 1. The molecular formula is C18H21NO3S. The van der Waals surface area contributed by atoms with Crippen molar-refractivity contribution in [3.8, 4) is 0 Å². The lowest BCUT2D eigenvalue weighted by molar-refractivity contribution is 0.0317. The average Bonchev–Trinajstić information content (AvgIpc) is 3.24. The zero-order valence-electron chi connectivity index (χ0n) is 13.3. The second-order valence-corrected chi connectivity index (χ2v) is 7.45. The van der Waals surface area contributed by atoms with Gasteiger partial charge in [0.05, 0.1) is 25.4 Å². The van der Waals surface area contributed by atoms with Gasteiger partial charge < -0.3 is 14.4 Å². The second-order valence-electron chi connectivity index (χ2n) is 6.54. The van der Waals surface area contributed by atoms with Crippen molar-refractivity contribution in [1.29, 1.82) is 0 Å². The predicted octanol–water partition coefficient (Wildman–Crippen LogP) is 3.03. The lowest BCUT2D eigenvalue weighted by Crippen LogP contribution is -2.37. The van der Waals surface area contributed by atoms with Crippen LogP contribution >= 0.6 is 11.3 Å². The minimum atomic E-state index is -0.0164. The van der Waals surface area contributed by atoms with E-state index in [4.69, 9.17) is 9.47 Å². The molecule has 0 saturated carbocycles. The molecule has 2 aromatic rings. The van der Waals surface area contributed by atoms with Crippen LogP contribution in [0.2, 0.25) is 0 Å². The third kappa shape index (κ3) is 2.47. The number of rotatable bonds is 4. The first-order chi connectivity index (χ1) is 11.2. The van der Waals surface area contributed by atoms with Gasteiger partial charge in [-0.3, -0.25) is 4.79 Å². The number of ether oxygens (including phenoxy) is 2. The number of fused-ring (bicyclic) bond motifs is 2. The lowest BCUT2D eigenvalue weighted by atomic mass is 9.82. The molecule has 0 aliphatic carbocycles. The number of likely N-dealkylation sites (tertiary alicyclic amines) is 1. The summed E-state index contributed by atoms with van der Waals surface area (Å²) in [6.07, 6.45) is 0. The molecule has 122 valence electrons. The van der Waals surface area contributed by atoms with Crippen molar-refractivity contribution in [2.75, 3.05) is 39.5 Å². The molecule has 1 aromatic heterocycles. The second kappa shape index (κ2) is 5.89. The molecular weight excluding hydrogens is 310 g/mol. The van der Waals surface area contributed by atoms with Gasteiger partial charge in [-0.1, -0.05) is 18.2 Å². The van der Waals surface area contributed by atoms with Gasteiger partial charge in [-0.05, 0) is 13.0 Å². The molecule has 1 amide bonds. The molecule has 2 fully saturated rings. The molecule has 1 aromatic carbocycles. The molecule has 4 nitrogen and oxygen atoms in total. The van der Waals surface area contributed by atoms with E-state index in [0.29, 0.717) is 25.7 Å². The van der Waals surface area contributed by atoms with Crippen LogP contribution in [-0.2, 0) is 9.47 Å². The third-order valence-corrected chi connectivity index (χ3v) is 6.08. The van der Waals surface area contributed by atoms with Gasteiger partial charge in [0, 0.05) is 46.5 Å². The number of benzene rings is 1. The van der Waals surface area contributed by atoms with Crippen molar-refractivity contribution in [2.45, 2.75) is 6.92 Å². The minimum Gasteiger partial charge on any atom is -0.381 e. The Balaban J connectivity index is 1.58. The Morgan fingerprint density at radius 2 is 2.35 bits per heavy atom. The number of thiophene rings is 1. The van der Waals surface area contributed by atoms with Crippen LogP contribution in [0.4, 0.5) is 0 Å². The normalized spacial score (nSPS) is 26.8. The fourth-order valence-electron chi connectivity index (χ4n) is 3.81. The van der Waals surface area contributed by atoms with E-state index in [9.17, 15) is 4.79 Å². The van der Waals surface area contributed by atoms with Crippen molar-refractivity contribution in [1.82, 2.24) is 4.90 Å². The Labute approximate surface area is 140 Å². The summed E-state index contributed by atoms with van der Waals surface area (Å²) in [5.74, 6) is 0.538. The van der Waals surface area contributed by atoms with Gasteiger partial charge in [-0.25, -0.2) is 0 Å². The maximum Gasteiger partial charge on any atom is 0.255 e. The minimum absolute atomic E-state index is 0.0164. The summed E-state index contributed by atoms with van der Waals surface area (Å²) in [6.45, 7) is 6.35. The molecule has 4 rings (SSSR count). The Morgan fingerprint density at radius 1 is 1.48 bits per heavy atom. The van der Waals surface area contributed by atoms with Gasteiger partial charge in [-0.15, -0.1) is 11.3 Å². The van der Waals surface area contributed by atoms with Crippen molar-refractivity contribution in [3.05, 3.63) is 35.2 Å². The molecule has 0 unspecified atom stereocenters. The lowest BCUT2D eigenvalue weighted by Gasteiger charge is -2.26. The van der Waals surface area contributed by atoms with E-state index in [1.807, 2.05) is 35.4 Å². The quantitative estimate of drug-likeness (QED) is 0.864. The van der Waals surface area contributed by atoms with Gasteiger partial charge in [-0.2, -0.15) is 0 Å². The summed E-state index contributed by atoms with van der Waals surface area (Å²) >= 11 is 1.64. The van der Waals surface area contributed by atoms with Crippen LogP contribution in [0.3, 0.4) is 0 Å². The molecule has 3 heterocycles.